The number of hydrogen-bond donors (Lipinski definition) is 1. The van der Waals surface area contributed by atoms with Crippen molar-refractivity contribution in [2.24, 2.45) is 0 Å². The molecule has 6 heteroatoms. The van der Waals surface area contributed by atoms with Crippen LogP contribution in [0.2, 0.25) is 0 Å². The normalized spacial score (nSPS) is 21.6. The van der Waals surface area contributed by atoms with E-state index in [1.807, 2.05) is 0 Å². The zero-order valence-electron chi connectivity index (χ0n) is 11.3. The highest BCUT2D eigenvalue weighted by molar-refractivity contribution is 7.88. The van der Waals surface area contributed by atoms with Crippen LogP contribution in [0.1, 0.15) is 31.2 Å². The molecule has 1 unspecified atom stereocenters. The Hall–Kier alpha value is -0.980. The molecule has 1 heterocycles. The van der Waals surface area contributed by atoms with Gasteiger partial charge in [-0.15, -0.1) is 0 Å². The number of sulfonamides is 1. The second-order valence-corrected chi connectivity index (χ2v) is 7.10. The summed E-state index contributed by atoms with van der Waals surface area (Å²) in [6.45, 7) is 0.303. The lowest BCUT2D eigenvalue weighted by molar-refractivity contribution is 0.186. The topological polar surface area (TPSA) is 57.6 Å². The largest absolute Gasteiger partial charge is 0.395 e. The highest BCUT2D eigenvalue weighted by atomic mass is 32.2. The predicted octanol–water partition coefficient (Wildman–Crippen LogP) is 1.89. The van der Waals surface area contributed by atoms with Gasteiger partial charge < -0.3 is 5.11 Å². The first-order valence-corrected chi connectivity index (χ1v) is 8.48. The maximum Gasteiger partial charge on any atom is 0.218 e. The number of aliphatic hydroxyl groups is 1. The summed E-state index contributed by atoms with van der Waals surface area (Å²) < 4.78 is 39.2. The van der Waals surface area contributed by atoms with E-state index >= 15 is 0 Å². The molecule has 1 aliphatic rings. The number of nitrogens with zero attached hydrogens (tertiary/aromatic N) is 1. The number of halogens is 1. The molecular weight excluding hydrogens is 281 g/mol. The zero-order valence-corrected chi connectivity index (χ0v) is 12.2. The monoisotopic (exact) mass is 301 g/mol. The summed E-state index contributed by atoms with van der Waals surface area (Å²) in [5.74, 6) is -0.529. The van der Waals surface area contributed by atoms with Crippen LogP contribution in [0.15, 0.2) is 24.3 Å². The first kappa shape index (κ1) is 15.4. The van der Waals surface area contributed by atoms with Crippen molar-refractivity contribution in [3.8, 4) is 0 Å². The number of aliphatic hydroxyl groups excluding tert-OH is 1. The van der Waals surface area contributed by atoms with E-state index in [-0.39, 0.29) is 24.2 Å². The summed E-state index contributed by atoms with van der Waals surface area (Å²) >= 11 is 0. The molecule has 1 atom stereocenters. The van der Waals surface area contributed by atoms with E-state index < -0.39 is 10.0 Å². The summed E-state index contributed by atoms with van der Waals surface area (Å²) in [6.07, 6.45) is 3.44. The van der Waals surface area contributed by atoms with Crippen LogP contribution < -0.4 is 0 Å². The fourth-order valence-electron chi connectivity index (χ4n) is 2.57. The van der Waals surface area contributed by atoms with Gasteiger partial charge in [-0.25, -0.2) is 12.8 Å². The Morgan fingerprint density at radius 2 is 1.90 bits per heavy atom. The van der Waals surface area contributed by atoms with Gasteiger partial charge in [0.2, 0.25) is 10.0 Å². The van der Waals surface area contributed by atoms with Crippen molar-refractivity contribution in [3.63, 3.8) is 0 Å². The highest BCUT2D eigenvalue weighted by Gasteiger charge is 2.30. The molecule has 1 fully saturated rings. The number of rotatable bonds is 4. The maximum absolute atomic E-state index is 12.9. The zero-order chi connectivity index (χ0) is 14.6. The van der Waals surface area contributed by atoms with Gasteiger partial charge in [0.25, 0.3) is 0 Å². The molecule has 4 nitrogen and oxygen atoms in total. The smallest absolute Gasteiger partial charge is 0.218 e. The minimum Gasteiger partial charge on any atom is -0.395 e. The Labute approximate surface area is 119 Å². The average molecular weight is 301 g/mol. The van der Waals surface area contributed by atoms with Crippen molar-refractivity contribution >= 4 is 10.0 Å². The van der Waals surface area contributed by atoms with Crippen LogP contribution in [0.25, 0.3) is 0 Å². The van der Waals surface area contributed by atoms with Gasteiger partial charge in [0.15, 0.2) is 0 Å². The standard InChI is InChI=1S/C14H20FNO3S/c15-13-7-5-12(6-8-13)11-20(18,19)16-9-3-1-2-4-14(16)10-17/h5-8,14,17H,1-4,9-11H2. The summed E-state index contributed by atoms with van der Waals surface area (Å²) in [6, 6.07) is 5.16. The minimum atomic E-state index is -3.48. The van der Waals surface area contributed by atoms with Crippen molar-refractivity contribution < 1.29 is 17.9 Å². The summed E-state index contributed by atoms with van der Waals surface area (Å²) in [7, 11) is -3.48. The Balaban J connectivity index is 2.17. The van der Waals surface area contributed by atoms with Crippen LogP contribution in [0.4, 0.5) is 4.39 Å². The first-order chi connectivity index (χ1) is 9.53. The van der Waals surface area contributed by atoms with Crippen LogP contribution in [0, 0.1) is 5.82 Å². The van der Waals surface area contributed by atoms with Crippen molar-refractivity contribution in [1.82, 2.24) is 4.31 Å². The van der Waals surface area contributed by atoms with Crippen LogP contribution in [-0.4, -0.2) is 37.0 Å². The van der Waals surface area contributed by atoms with Gasteiger partial charge in [-0.05, 0) is 30.5 Å². The molecule has 1 saturated heterocycles. The molecule has 1 aromatic rings. The van der Waals surface area contributed by atoms with Gasteiger partial charge in [0.1, 0.15) is 5.82 Å². The predicted molar refractivity (Wildman–Crippen MR) is 75.1 cm³/mol. The molecule has 112 valence electrons. The fourth-order valence-corrected chi connectivity index (χ4v) is 4.39. The van der Waals surface area contributed by atoms with E-state index in [9.17, 15) is 17.9 Å². The molecule has 1 aliphatic heterocycles. The van der Waals surface area contributed by atoms with E-state index in [1.165, 1.54) is 28.6 Å². The van der Waals surface area contributed by atoms with Crippen LogP contribution in [-0.2, 0) is 15.8 Å². The van der Waals surface area contributed by atoms with E-state index in [4.69, 9.17) is 0 Å². The molecule has 0 spiro atoms. The highest BCUT2D eigenvalue weighted by Crippen LogP contribution is 2.22. The van der Waals surface area contributed by atoms with Crippen molar-refractivity contribution in [3.05, 3.63) is 35.6 Å². The van der Waals surface area contributed by atoms with E-state index in [0.717, 1.165) is 19.3 Å². The van der Waals surface area contributed by atoms with Gasteiger partial charge in [-0.2, -0.15) is 4.31 Å². The van der Waals surface area contributed by atoms with Crippen LogP contribution >= 0.6 is 0 Å². The molecule has 20 heavy (non-hydrogen) atoms. The first-order valence-electron chi connectivity index (χ1n) is 6.88. The third-order valence-corrected chi connectivity index (χ3v) is 5.55. The second kappa shape index (κ2) is 6.65. The lowest BCUT2D eigenvalue weighted by atomic mass is 10.1. The molecule has 0 bridgehead atoms. The summed E-state index contributed by atoms with van der Waals surface area (Å²) in [5.41, 5.74) is 0.562. The Kier molecular flexibility index (Phi) is 5.12. The lowest BCUT2D eigenvalue weighted by Crippen LogP contribution is -2.42. The number of benzene rings is 1. The molecule has 2 rings (SSSR count). The SMILES string of the molecule is O=S(=O)(Cc1ccc(F)cc1)N1CCCCCC1CO. The molecule has 1 aromatic carbocycles. The van der Waals surface area contributed by atoms with E-state index in [2.05, 4.69) is 0 Å². The third-order valence-electron chi connectivity index (χ3n) is 3.65. The molecule has 0 amide bonds. The molecule has 0 radical (unpaired) electrons. The molecule has 0 aliphatic carbocycles. The van der Waals surface area contributed by atoms with Crippen LogP contribution in [0.3, 0.4) is 0 Å². The Morgan fingerprint density at radius 1 is 1.20 bits per heavy atom. The second-order valence-electron chi connectivity index (χ2n) is 5.18. The third kappa shape index (κ3) is 3.77. The van der Waals surface area contributed by atoms with Gasteiger partial charge in [0, 0.05) is 12.6 Å². The average Bonchev–Trinajstić information content (AvgIpc) is 2.66. The quantitative estimate of drug-likeness (QED) is 0.924. The Morgan fingerprint density at radius 3 is 2.55 bits per heavy atom. The summed E-state index contributed by atoms with van der Waals surface area (Å²) in [4.78, 5) is 0. The maximum atomic E-state index is 12.9. The van der Waals surface area contributed by atoms with E-state index in [1.54, 1.807) is 0 Å². The van der Waals surface area contributed by atoms with Gasteiger partial charge in [-0.3, -0.25) is 0 Å². The van der Waals surface area contributed by atoms with Crippen molar-refractivity contribution in [1.29, 1.82) is 0 Å². The van der Waals surface area contributed by atoms with Crippen molar-refractivity contribution in [2.45, 2.75) is 37.5 Å². The van der Waals surface area contributed by atoms with Gasteiger partial charge >= 0.3 is 0 Å². The van der Waals surface area contributed by atoms with Crippen LogP contribution in [0.5, 0.6) is 0 Å². The summed E-state index contributed by atoms with van der Waals surface area (Å²) in [5, 5.41) is 9.40. The van der Waals surface area contributed by atoms with Gasteiger partial charge in [0.05, 0.1) is 12.4 Å². The Bertz CT molecular complexity index is 530. The minimum absolute atomic E-state index is 0.149. The van der Waals surface area contributed by atoms with Gasteiger partial charge in [-0.1, -0.05) is 25.0 Å². The molecular formula is C14H20FNO3S. The number of hydrogen-bond acceptors (Lipinski definition) is 3. The molecule has 0 saturated carbocycles. The molecule has 0 aromatic heterocycles. The lowest BCUT2D eigenvalue weighted by Gasteiger charge is -2.27. The van der Waals surface area contributed by atoms with E-state index in [0.29, 0.717) is 18.5 Å². The van der Waals surface area contributed by atoms with Crippen molar-refractivity contribution in [2.75, 3.05) is 13.2 Å². The molecule has 1 N–H and O–H groups in total. The fraction of sp³-hybridized carbons (Fsp3) is 0.571.